The molecule has 2 N–H and O–H groups in total. The lowest BCUT2D eigenvalue weighted by Crippen LogP contribution is -2.45. The second kappa shape index (κ2) is 6.34. The first-order chi connectivity index (χ1) is 12.8. The first-order valence-electron chi connectivity index (χ1n) is 9.06. The number of aryl methyl sites for hydroxylation is 1. The number of ether oxygens (including phenoxy) is 1. The van der Waals surface area contributed by atoms with E-state index in [2.05, 4.69) is 31.0 Å². The molecule has 1 unspecified atom stereocenters. The number of Topliss-reactive ketones (excluding diaryl/α,β-unsaturated/α-hetero) is 1. The van der Waals surface area contributed by atoms with Crippen LogP contribution in [0.5, 0.6) is 0 Å². The molecule has 0 saturated carbocycles. The highest BCUT2D eigenvalue weighted by atomic mass is 35.5. The van der Waals surface area contributed by atoms with E-state index in [1.54, 1.807) is 12.1 Å². The van der Waals surface area contributed by atoms with Gasteiger partial charge in [0.15, 0.2) is 5.78 Å². The Morgan fingerprint density at radius 3 is 2.78 bits per heavy atom. The van der Waals surface area contributed by atoms with Gasteiger partial charge in [0.1, 0.15) is 17.8 Å². The van der Waals surface area contributed by atoms with E-state index in [9.17, 15) is 4.79 Å². The largest absolute Gasteiger partial charge is 0.462 e. The lowest BCUT2D eigenvalue weighted by molar-refractivity contribution is 0.0980. The fraction of sp³-hybridized carbons (Fsp3) is 0.381. The lowest BCUT2D eigenvalue weighted by Gasteiger charge is -2.45. The fourth-order valence-electron chi connectivity index (χ4n) is 4.09. The molecule has 1 spiro atoms. The van der Waals surface area contributed by atoms with Crippen molar-refractivity contribution in [2.24, 2.45) is 16.1 Å². The number of fused-ring (bicyclic) bond motifs is 2. The van der Waals surface area contributed by atoms with Crippen LogP contribution in [0.3, 0.4) is 0 Å². The molecule has 2 aromatic rings. The van der Waals surface area contributed by atoms with Crippen molar-refractivity contribution in [1.82, 2.24) is 4.98 Å². The summed E-state index contributed by atoms with van der Waals surface area (Å²) in [6.07, 6.45) is 3.75. The van der Waals surface area contributed by atoms with Gasteiger partial charge in [-0.15, -0.1) is 0 Å². The molecule has 1 aromatic heterocycles. The molecule has 0 amide bonds. The van der Waals surface area contributed by atoms with Crippen LogP contribution in [-0.2, 0) is 23.1 Å². The normalized spacial score (nSPS) is 22.9. The standard InChI is InChI=1S/C21H22ClN3O2/c1-20(2)8-7-14-4-3-13(9-16(14)21(20)12-27-19(23)25-21)10-18(26)17-6-5-15(22)11-24-17/h3-6,9,11H,7-8,10,12H2,1-2H3,(H2,23,25). The maximum atomic E-state index is 12.6. The van der Waals surface area contributed by atoms with Crippen molar-refractivity contribution in [3.63, 3.8) is 0 Å². The van der Waals surface area contributed by atoms with E-state index < -0.39 is 5.54 Å². The molecule has 27 heavy (non-hydrogen) atoms. The number of halogens is 1. The first kappa shape index (κ1) is 18.0. The van der Waals surface area contributed by atoms with E-state index in [0.29, 0.717) is 17.3 Å². The minimum atomic E-state index is -0.498. The van der Waals surface area contributed by atoms with Gasteiger partial charge in [-0.2, -0.15) is 0 Å². The Balaban J connectivity index is 1.70. The summed E-state index contributed by atoms with van der Waals surface area (Å²) in [6.45, 7) is 4.85. The number of benzene rings is 1. The summed E-state index contributed by atoms with van der Waals surface area (Å²) >= 11 is 5.86. The molecule has 1 aliphatic heterocycles. The van der Waals surface area contributed by atoms with E-state index in [-0.39, 0.29) is 23.6 Å². The third kappa shape index (κ3) is 3.00. The van der Waals surface area contributed by atoms with Gasteiger partial charge in [-0.05, 0) is 47.1 Å². The Labute approximate surface area is 163 Å². The molecule has 6 heteroatoms. The van der Waals surface area contributed by atoms with Crippen molar-refractivity contribution in [3.8, 4) is 0 Å². The Hall–Kier alpha value is -2.40. The van der Waals surface area contributed by atoms with Crippen LogP contribution in [0.15, 0.2) is 41.5 Å². The Morgan fingerprint density at radius 2 is 2.11 bits per heavy atom. The third-order valence-electron chi connectivity index (χ3n) is 5.87. The Morgan fingerprint density at radius 1 is 1.30 bits per heavy atom. The van der Waals surface area contributed by atoms with Crippen molar-refractivity contribution in [3.05, 3.63) is 63.9 Å². The van der Waals surface area contributed by atoms with Gasteiger partial charge in [0.25, 0.3) is 6.02 Å². The molecule has 140 valence electrons. The molecule has 2 heterocycles. The van der Waals surface area contributed by atoms with E-state index in [1.807, 2.05) is 6.07 Å². The van der Waals surface area contributed by atoms with Gasteiger partial charge in [0, 0.05) is 12.6 Å². The van der Waals surface area contributed by atoms with Gasteiger partial charge in [0.2, 0.25) is 0 Å². The quantitative estimate of drug-likeness (QED) is 0.820. The Kier molecular flexibility index (Phi) is 4.22. The maximum Gasteiger partial charge on any atom is 0.283 e. The van der Waals surface area contributed by atoms with Crippen LogP contribution >= 0.6 is 11.6 Å². The zero-order valence-corrected chi connectivity index (χ0v) is 16.2. The first-order valence-corrected chi connectivity index (χ1v) is 9.44. The number of pyridine rings is 1. The van der Waals surface area contributed by atoms with E-state index >= 15 is 0 Å². The SMILES string of the molecule is CC1(C)CCc2ccc(CC(=O)c3ccc(Cl)cn3)cc2C12COC(N)=N2. The van der Waals surface area contributed by atoms with Crippen molar-refractivity contribution in [2.45, 2.75) is 38.6 Å². The van der Waals surface area contributed by atoms with Gasteiger partial charge in [0.05, 0.1) is 5.02 Å². The number of amidine groups is 1. The predicted octanol–water partition coefficient (Wildman–Crippen LogP) is 3.67. The van der Waals surface area contributed by atoms with Crippen molar-refractivity contribution < 1.29 is 9.53 Å². The number of hydrogen-bond acceptors (Lipinski definition) is 5. The van der Waals surface area contributed by atoms with Crippen molar-refractivity contribution >= 4 is 23.4 Å². The van der Waals surface area contributed by atoms with Crippen LogP contribution in [0.4, 0.5) is 0 Å². The molecule has 0 bridgehead atoms. The summed E-state index contributed by atoms with van der Waals surface area (Å²) in [5.74, 6) is -0.0403. The lowest BCUT2D eigenvalue weighted by atomic mass is 9.61. The average molecular weight is 384 g/mol. The number of aliphatic imine (C=N–C) groups is 1. The number of carbonyl (C=O) groups is 1. The van der Waals surface area contributed by atoms with E-state index in [4.69, 9.17) is 27.1 Å². The van der Waals surface area contributed by atoms with Crippen molar-refractivity contribution in [2.75, 3.05) is 6.61 Å². The summed E-state index contributed by atoms with van der Waals surface area (Å²) in [6, 6.07) is 9.79. The highest BCUT2D eigenvalue weighted by Crippen LogP contribution is 2.52. The van der Waals surface area contributed by atoms with Crippen LogP contribution in [0.2, 0.25) is 5.02 Å². The molecule has 0 radical (unpaired) electrons. The van der Waals surface area contributed by atoms with Gasteiger partial charge in [-0.3, -0.25) is 9.78 Å². The van der Waals surface area contributed by atoms with E-state index in [1.165, 1.54) is 11.8 Å². The van der Waals surface area contributed by atoms with Crippen LogP contribution < -0.4 is 5.73 Å². The molecule has 1 aromatic carbocycles. The molecule has 1 atom stereocenters. The number of nitrogens with zero attached hydrogens (tertiary/aromatic N) is 2. The second-order valence-electron chi connectivity index (χ2n) is 7.94. The summed E-state index contributed by atoms with van der Waals surface area (Å²) in [5, 5.41) is 0.515. The zero-order valence-electron chi connectivity index (χ0n) is 15.5. The number of carbonyl (C=O) groups excluding carboxylic acids is 1. The highest BCUT2D eigenvalue weighted by molar-refractivity contribution is 6.30. The highest BCUT2D eigenvalue weighted by Gasteiger charge is 2.53. The molecule has 0 saturated heterocycles. The average Bonchev–Trinajstić information content (AvgIpc) is 3.03. The summed E-state index contributed by atoms with van der Waals surface area (Å²) in [7, 11) is 0. The minimum absolute atomic E-state index is 0.0403. The minimum Gasteiger partial charge on any atom is -0.462 e. The molecule has 5 nitrogen and oxygen atoms in total. The van der Waals surface area contributed by atoms with Crippen LogP contribution in [0.25, 0.3) is 0 Å². The molecular weight excluding hydrogens is 362 g/mol. The molecule has 1 aliphatic carbocycles. The van der Waals surface area contributed by atoms with Crippen LogP contribution in [0, 0.1) is 5.41 Å². The predicted molar refractivity (Wildman–Crippen MR) is 105 cm³/mol. The number of rotatable bonds is 3. The van der Waals surface area contributed by atoms with Crippen LogP contribution in [0.1, 0.15) is 47.4 Å². The topological polar surface area (TPSA) is 77.6 Å². The molecule has 0 fully saturated rings. The van der Waals surface area contributed by atoms with Crippen molar-refractivity contribution in [1.29, 1.82) is 0 Å². The molecule has 4 rings (SSSR count). The maximum absolute atomic E-state index is 12.6. The van der Waals surface area contributed by atoms with Gasteiger partial charge >= 0.3 is 0 Å². The zero-order chi connectivity index (χ0) is 19.2. The fourth-order valence-corrected chi connectivity index (χ4v) is 4.20. The van der Waals surface area contributed by atoms with Gasteiger partial charge in [-0.25, -0.2) is 4.99 Å². The van der Waals surface area contributed by atoms with Gasteiger partial charge in [-0.1, -0.05) is 43.6 Å². The summed E-state index contributed by atoms with van der Waals surface area (Å²) < 4.78 is 5.58. The molecular formula is C21H22ClN3O2. The molecule has 2 aliphatic rings. The summed E-state index contributed by atoms with van der Waals surface area (Å²) in [5.41, 5.74) is 9.02. The third-order valence-corrected chi connectivity index (χ3v) is 6.09. The number of ketones is 1. The second-order valence-corrected chi connectivity index (χ2v) is 8.37. The van der Waals surface area contributed by atoms with Crippen LogP contribution in [-0.4, -0.2) is 23.4 Å². The number of hydrogen-bond donors (Lipinski definition) is 1. The number of aromatic nitrogens is 1. The Bertz CT molecular complexity index is 937. The van der Waals surface area contributed by atoms with E-state index in [0.717, 1.165) is 24.0 Å². The summed E-state index contributed by atoms with van der Waals surface area (Å²) in [4.78, 5) is 21.5. The van der Waals surface area contributed by atoms with Gasteiger partial charge < -0.3 is 10.5 Å². The monoisotopic (exact) mass is 383 g/mol. The smallest absolute Gasteiger partial charge is 0.283 e. The number of nitrogens with two attached hydrogens (primary N) is 1.